The molecule has 2 aromatic heterocycles. The highest BCUT2D eigenvalue weighted by Crippen LogP contribution is 2.12. The second kappa shape index (κ2) is 3.49. The van der Waals surface area contributed by atoms with Crippen molar-refractivity contribution in [2.45, 2.75) is 13.3 Å². The zero-order chi connectivity index (χ0) is 9.97. The Kier molecular flexibility index (Phi) is 2.18. The van der Waals surface area contributed by atoms with Crippen molar-refractivity contribution in [1.29, 1.82) is 0 Å². The molecule has 0 aliphatic rings. The predicted octanol–water partition coefficient (Wildman–Crippen LogP) is 1.41. The summed E-state index contributed by atoms with van der Waals surface area (Å²) >= 11 is 0. The molecule has 0 aliphatic carbocycles. The molecule has 0 aliphatic heterocycles. The van der Waals surface area contributed by atoms with Crippen molar-refractivity contribution in [3.8, 4) is 5.69 Å². The number of hydrogen-bond acceptors (Lipinski definition) is 3. The van der Waals surface area contributed by atoms with E-state index in [9.17, 15) is 0 Å². The summed E-state index contributed by atoms with van der Waals surface area (Å²) in [6.07, 6.45) is 4.41. The highest BCUT2D eigenvalue weighted by molar-refractivity contribution is 5.37. The number of pyridine rings is 1. The monoisotopic (exact) mass is 188 g/mol. The summed E-state index contributed by atoms with van der Waals surface area (Å²) in [6.45, 7) is 2.07. The number of aryl methyl sites for hydroxylation is 1. The standard InChI is InChI=1S/C10H12N4/c1-2-8-6-10(11)13-14(8)9-4-3-5-12-7-9/h3-7H,2H2,1H3,(H2,11,13). The van der Waals surface area contributed by atoms with E-state index < -0.39 is 0 Å². The van der Waals surface area contributed by atoms with E-state index in [-0.39, 0.29) is 0 Å². The topological polar surface area (TPSA) is 56.7 Å². The molecular weight excluding hydrogens is 176 g/mol. The number of hydrogen-bond donors (Lipinski definition) is 1. The molecule has 0 amide bonds. The van der Waals surface area contributed by atoms with Gasteiger partial charge in [0.25, 0.3) is 0 Å². The fourth-order valence-electron chi connectivity index (χ4n) is 1.39. The molecule has 0 bridgehead atoms. The van der Waals surface area contributed by atoms with Crippen LogP contribution >= 0.6 is 0 Å². The molecule has 2 heterocycles. The van der Waals surface area contributed by atoms with E-state index >= 15 is 0 Å². The molecule has 2 N–H and O–H groups in total. The van der Waals surface area contributed by atoms with Gasteiger partial charge < -0.3 is 5.73 Å². The summed E-state index contributed by atoms with van der Waals surface area (Å²) in [7, 11) is 0. The second-order valence-electron chi connectivity index (χ2n) is 3.04. The van der Waals surface area contributed by atoms with Gasteiger partial charge in [-0.1, -0.05) is 6.92 Å². The number of rotatable bonds is 2. The molecule has 0 aromatic carbocycles. The maximum absolute atomic E-state index is 5.64. The average Bonchev–Trinajstić information content (AvgIpc) is 2.61. The molecule has 2 rings (SSSR count). The zero-order valence-electron chi connectivity index (χ0n) is 8.01. The number of nitrogen functional groups attached to an aromatic ring is 1. The van der Waals surface area contributed by atoms with Crippen LogP contribution in [0.5, 0.6) is 0 Å². The van der Waals surface area contributed by atoms with Crippen molar-refractivity contribution in [3.63, 3.8) is 0 Å². The minimum absolute atomic E-state index is 0.547. The Morgan fingerprint density at radius 2 is 2.36 bits per heavy atom. The maximum atomic E-state index is 5.64. The Hall–Kier alpha value is -1.84. The quantitative estimate of drug-likeness (QED) is 0.775. The average molecular weight is 188 g/mol. The minimum Gasteiger partial charge on any atom is -0.382 e. The van der Waals surface area contributed by atoms with Crippen molar-refractivity contribution in [3.05, 3.63) is 36.3 Å². The molecule has 0 atom stereocenters. The molecular formula is C10H12N4. The second-order valence-corrected chi connectivity index (χ2v) is 3.04. The molecule has 0 radical (unpaired) electrons. The summed E-state index contributed by atoms with van der Waals surface area (Å²) in [5.74, 6) is 0.547. The normalized spacial score (nSPS) is 10.4. The van der Waals surface area contributed by atoms with E-state index in [1.165, 1.54) is 0 Å². The molecule has 72 valence electrons. The number of anilines is 1. The van der Waals surface area contributed by atoms with Crippen LogP contribution in [0.2, 0.25) is 0 Å². The Balaban J connectivity index is 2.51. The molecule has 0 saturated heterocycles. The van der Waals surface area contributed by atoms with E-state index in [1.807, 2.05) is 22.9 Å². The Morgan fingerprint density at radius 1 is 1.50 bits per heavy atom. The Labute approximate surface area is 82.4 Å². The van der Waals surface area contributed by atoms with Gasteiger partial charge in [0.1, 0.15) is 5.82 Å². The summed E-state index contributed by atoms with van der Waals surface area (Å²) in [4.78, 5) is 4.04. The first-order valence-electron chi connectivity index (χ1n) is 4.56. The van der Waals surface area contributed by atoms with Gasteiger partial charge in [-0.05, 0) is 18.6 Å². The Bertz CT molecular complexity index is 419. The largest absolute Gasteiger partial charge is 0.382 e. The van der Waals surface area contributed by atoms with Crippen molar-refractivity contribution in [2.24, 2.45) is 0 Å². The fourth-order valence-corrected chi connectivity index (χ4v) is 1.39. The van der Waals surface area contributed by atoms with Crippen LogP contribution in [0.15, 0.2) is 30.6 Å². The summed E-state index contributed by atoms with van der Waals surface area (Å²) in [5.41, 5.74) is 7.68. The van der Waals surface area contributed by atoms with Crippen LogP contribution in [-0.2, 0) is 6.42 Å². The first kappa shape index (κ1) is 8.74. The third-order valence-electron chi connectivity index (χ3n) is 2.05. The van der Waals surface area contributed by atoms with Crippen LogP contribution in [-0.4, -0.2) is 14.8 Å². The molecule has 14 heavy (non-hydrogen) atoms. The first-order valence-corrected chi connectivity index (χ1v) is 4.56. The number of aromatic nitrogens is 3. The van der Waals surface area contributed by atoms with Gasteiger partial charge in [0, 0.05) is 18.0 Å². The fraction of sp³-hybridized carbons (Fsp3) is 0.200. The third kappa shape index (κ3) is 1.46. The van der Waals surface area contributed by atoms with Gasteiger partial charge in [-0.15, -0.1) is 0 Å². The zero-order valence-corrected chi connectivity index (χ0v) is 8.01. The van der Waals surface area contributed by atoms with E-state index in [0.717, 1.165) is 17.8 Å². The SMILES string of the molecule is CCc1cc(N)nn1-c1cccnc1. The van der Waals surface area contributed by atoms with Gasteiger partial charge in [0.2, 0.25) is 0 Å². The van der Waals surface area contributed by atoms with Gasteiger partial charge in [-0.25, -0.2) is 4.68 Å². The first-order chi connectivity index (χ1) is 6.81. The van der Waals surface area contributed by atoms with Gasteiger partial charge in [0.05, 0.1) is 11.9 Å². The van der Waals surface area contributed by atoms with Gasteiger partial charge in [0.15, 0.2) is 0 Å². The summed E-state index contributed by atoms with van der Waals surface area (Å²) < 4.78 is 1.82. The van der Waals surface area contributed by atoms with Crippen LogP contribution in [0.4, 0.5) is 5.82 Å². The number of nitrogens with zero attached hydrogens (tertiary/aromatic N) is 3. The minimum atomic E-state index is 0.547. The van der Waals surface area contributed by atoms with Crippen LogP contribution in [0, 0.1) is 0 Å². The third-order valence-corrected chi connectivity index (χ3v) is 2.05. The maximum Gasteiger partial charge on any atom is 0.146 e. The van der Waals surface area contributed by atoms with Gasteiger partial charge in [-0.2, -0.15) is 5.10 Å². The molecule has 0 unspecified atom stereocenters. The van der Waals surface area contributed by atoms with E-state index in [1.54, 1.807) is 12.4 Å². The summed E-state index contributed by atoms with van der Waals surface area (Å²) in [5, 5.41) is 4.21. The molecule has 2 aromatic rings. The van der Waals surface area contributed by atoms with E-state index in [0.29, 0.717) is 5.82 Å². The van der Waals surface area contributed by atoms with Crippen molar-refractivity contribution in [1.82, 2.24) is 14.8 Å². The highest BCUT2D eigenvalue weighted by atomic mass is 15.3. The van der Waals surface area contributed by atoms with Crippen LogP contribution in [0.1, 0.15) is 12.6 Å². The Morgan fingerprint density at radius 3 is 3.00 bits per heavy atom. The van der Waals surface area contributed by atoms with Gasteiger partial charge >= 0.3 is 0 Å². The predicted molar refractivity (Wildman–Crippen MR) is 55.1 cm³/mol. The molecule has 0 spiro atoms. The number of nitrogens with two attached hydrogens (primary N) is 1. The van der Waals surface area contributed by atoms with Crippen molar-refractivity contribution in [2.75, 3.05) is 5.73 Å². The lowest BCUT2D eigenvalue weighted by Crippen LogP contribution is -2.01. The van der Waals surface area contributed by atoms with Gasteiger partial charge in [-0.3, -0.25) is 4.98 Å². The van der Waals surface area contributed by atoms with Crippen LogP contribution in [0.25, 0.3) is 5.69 Å². The molecule has 0 fully saturated rings. The van der Waals surface area contributed by atoms with Crippen molar-refractivity contribution < 1.29 is 0 Å². The van der Waals surface area contributed by atoms with E-state index in [4.69, 9.17) is 5.73 Å². The van der Waals surface area contributed by atoms with E-state index in [2.05, 4.69) is 17.0 Å². The van der Waals surface area contributed by atoms with Crippen LogP contribution in [0.3, 0.4) is 0 Å². The smallest absolute Gasteiger partial charge is 0.146 e. The lowest BCUT2D eigenvalue weighted by molar-refractivity contribution is 0.813. The lowest BCUT2D eigenvalue weighted by Gasteiger charge is -2.03. The van der Waals surface area contributed by atoms with Crippen LogP contribution < -0.4 is 5.73 Å². The van der Waals surface area contributed by atoms with Crippen molar-refractivity contribution >= 4 is 5.82 Å². The highest BCUT2D eigenvalue weighted by Gasteiger charge is 2.05. The summed E-state index contributed by atoms with van der Waals surface area (Å²) in [6, 6.07) is 5.72. The molecule has 0 saturated carbocycles. The molecule has 4 nitrogen and oxygen atoms in total. The lowest BCUT2D eigenvalue weighted by atomic mass is 10.3. The molecule has 4 heteroatoms.